The number of nitrogens with one attached hydrogen (secondary N) is 1. The van der Waals surface area contributed by atoms with Gasteiger partial charge in [0.2, 0.25) is 11.8 Å². The number of benzene rings is 1. The predicted octanol–water partition coefficient (Wildman–Crippen LogP) is 0.734. The van der Waals surface area contributed by atoms with Crippen LogP contribution < -0.4 is 5.32 Å². The van der Waals surface area contributed by atoms with E-state index in [2.05, 4.69) is 5.32 Å². The summed E-state index contributed by atoms with van der Waals surface area (Å²) in [5.41, 5.74) is -0.297. The zero-order valence-electron chi connectivity index (χ0n) is 12.5. The van der Waals surface area contributed by atoms with E-state index in [4.69, 9.17) is 4.74 Å². The summed E-state index contributed by atoms with van der Waals surface area (Å²) in [6.07, 6.45) is 0.0608. The summed E-state index contributed by atoms with van der Waals surface area (Å²) >= 11 is 0. The molecule has 0 radical (unpaired) electrons. The molecule has 2 amide bonds. The Balaban J connectivity index is 2.04. The van der Waals surface area contributed by atoms with Crippen molar-refractivity contribution in [2.75, 3.05) is 32.1 Å². The Morgan fingerprint density at radius 3 is 2.96 bits per heavy atom. The van der Waals surface area contributed by atoms with E-state index in [9.17, 15) is 24.8 Å². The molecule has 1 aromatic carbocycles. The van der Waals surface area contributed by atoms with E-state index in [1.165, 1.54) is 12.0 Å². The molecular weight excluding hydrogens is 306 g/mol. The van der Waals surface area contributed by atoms with Crippen LogP contribution in [0.5, 0.6) is 5.75 Å². The molecule has 1 heterocycles. The van der Waals surface area contributed by atoms with Gasteiger partial charge in [0, 0.05) is 38.8 Å². The van der Waals surface area contributed by atoms with E-state index in [1.807, 2.05) is 0 Å². The van der Waals surface area contributed by atoms with Crippen LogP contribution in [0.15, 0.2) is 18.2 Å². The molecule has 0 aliphatic carbocycles. The number of phenols is 1. The molecule has 23 heavy (non-hydrogen) atoms. The van der Waals surface area contributed by atoms with Gasteiger partial charge in [-0.2, -0.15) is 0 Å². The highest BCUT2D eigenvalue weighted by Crippen LogP contribution is 2.29. The van der Waals surface area contributed by atoms with E-state index >= 15 is 0 Å². The highest BCUT2D eigenvalue weighted by molar-refractivity contribution is 5.98. The van der Waals surface area contributed by atoms with Crippen molar-refractivity contribution < 1.29 is 24.4 Å². The number of nitrogens with zero attached hydrogens (tertiary/aromatic N) is 2. The molecule has 0 saturated carbocycles. The van der Waals surface area contributed by atoms with E-state index < -0.39 is 16.7 Å². The number of carbonyl (C=O) groups excluding carboxylic acids is 2. The van der Waals surface area contributed by atoms with Crippen molar-refractivity contribution in [2.24, 2.45) is 5.92 Å². The van der Waals surface area contributed by atoms with Crippen molar-refractivity contribution in [1.82, 2.24) is 4.90 Å². The summed E-state index contributed by atoms with van der Waals surface area (Å²) in [4.78, 5) is 35.7. The largest absolute Gasteiger partial charge is 0.506 e. The topological polar surface area (TPSA) is 122 Å². The predicted molar refractivity (Wildman–Crippen MR) is 80.0 cm³/mol. The molecule has 2 N–H and O–H groups in total. The lowest BCUT2D eigenvalue weighted by Crippen LogP contribution is -2.30. The maximum Gasteiger partial charge on any atom is 0.271 e. The summed E-state index contributed by atoms with van der Waals surface area (Å²) < 4.78 is 4.90. The van der Waals surface area contributed by atoms with Gasteiger partial charge in [-0.25, -0.2) is 0 Å². The number of amides is 2. The molecule has 1 fully saturated rings. The molecule has 124 valence electrons. The zero-order chi connectivity index (χ0) is 17.0. The van der Waals surface area contributed by atoms with Crippen LogP contribution in [0.3, 0.4) is 0 Å². The number of likely N-dealkylation sites (tertiary alicyclic amines) is 1. The average molecular weight is 323 g/mol. The molecule has 0 aromatic heterocycles. The second-order valence-electron chi connectivity index (χ2n) is 5.18. The SMILES string of the molecule is COCCN1CC(C(=O)Nc2cc([N+](=O)[O-])ccc2O)CC1=O. The summed E-state index contributed by atoms with van der Waals surface area (Å²) in [6.45, 7) is 1.04. The second kappa shape index (κ2) is 7.05. The van der Waals surface area contributed by atoms with E-state index in [0.717, 1.165) is 18.2 Å². The lowest BCUT2D eigenvalue weighted by molar-refractivity contribution is -0.384. The highest BCUT2D eigenvalue weighted by Gasteiger charge is 2.34. The number of hydrogen-bond donors (Lipinski definition) is 2. The van der Waals surface area contributed by atoms with Gasteiger partial charge in [-0.15, -0.1) is 0 Å². The van der Waals surface area contributed by atoms with Gasteiger partial charge in [0.05, 0.1) is 23.1 Å². The van der Waals surface area contributed by atoms with Gasteiger partial charge in [-0.05, 0) is 6.07 Å². The molecule has 9 nitrogen and oxygen atoms in total. The molecule has 1 atom stereocenters. The normalized spacial score (nSPS) is 17.3. The van der Waals surface area contributed by atoms with Gasteiger partial charge in [0.25, 0.3) is 5.69 Å². The second-order valence-corrected chi connectivity index (χ2v) is 5.18. The van der Waals surface area contributed by atoms with Crippen LogP contribution in [0.4, 0.5) is 11.4 Å². The third-order valence-corrected chi connectivity index (χ3v) is 3.60. The van der Waals surface area contributed by atoms with Crippen molar-refractivity contribution in [3.05, 3.63) is 28.3 Å². The van der Waals surface area contributed by atoms with Crippen molar-refractivity contribution in [1.29, 1.82) is 0 Å². The number of nitro benzene ring substituents is 1. The van der Waals surface area contributed by atoms with Crippen LogP contribution in [-0.2, 0) is 14.3 Å². The number of carbonyl (C=O) groups is 2. The minimum atomic E-state index is -0.624. The number of ether oxygens (including phenoxy) is 1. The number of nitro groups is 1. The van der Waals surface area contributed by atoms with Crippen LogP contribution in [0.25, 0.3) is 0 Å². The zero-order valence-corrected chi connectivity index (χ0v) is 12.5. The van der Waals surface area contributed by atoms with Crippen molar-refractivity contribution in [2.45, 2.75) is 6.42 Å². The number of rotatable bonds is 6. The van der Waals surface area contributed by atoms with E-state index in [1.54, 1.807) is 0 Å². The van der Waals surface area contributed by atoms with Gasteiger partial charge in [0.15, 0.2) is 0 Å². The molecule has 1 aliphatic heterocycles. The molecule has 1 unspecified atom stereocenters. The number of phenolic OH excluding ortho intramolecular Hbond substituents is 1. The van der Waals surface area contributed by atoms with Gasteiger partial charge in [-0.1, -0.05) is 0 Å². The van der Waals surface area contributed by atoms with Crippen LogP contribution in [-0.4, -0.2) is 53.6 Å². The monoisotopic (exact) mass is 323 g/mol. The fourth-order valence-electron chi connectivity index (χ4n) is 2.34. The van der Waals surface area contributed by atoms with Crippen LogP contribution in [0.1, 0.15) is 6.42 Å². The summed E-state index contributed by atoms with van der Waals surface area (Å²) in [7, 11) is 1.52. The third-order valence-electron chi connectivity index (χ3n) is 3.60. The maximum absolute atomic E-state index is 12.2. The standard InChI is InChI=1S/C14H17N3O6/c1-23-5-4-16-8-9(6-13(16)19)14(20)15-11-7-10(17(21)22)2-3-12(11)18/h2-3,7,9,18H,4-6,8H2,1H3,(H,15,20). The fraction of sp³-hybridized carbons (Fsp3) is 0.429. The average Bonchev–Trinajstić information content (AvgIpc) is 2.88. The minimum Gasteiger partial charge on any atom is -0.506 e. The van der Waals surface area contributed by atoms with Gasteiger partial charge in [-0.3, -0.25) is 19.7 Å². The van der Waals surface area contributed by atoms with Gasteiger partial charge < -0.3 is 20.1 Å². The lowest BCUT2D eigenvalue weighted by Gasteiger charge is -2.16. The molecule has 2 rings (SSSR count). The Morgan fingerprint density at radius 2 is 2.30 bits per heavy atom. The molecule has 1 aliphatic rings. The number of anilines is 1. The maximum atomic E-state index is 12.2. The fourth-order valence-corrected chi connectivity index (χ4v) is 2.34. The Morgan fingerprint density at radius 1 is 1.57 bits per heavy atom. The minimum absolute atomic E-state index is 0.0491. The first-order valence-corrected chi connectivity index (χ1v) is 6.97. The Labute approximate surface area is 132 Å². The summed E-state index contributed by atoms with van der Waals surface area (Å²) in [5.74, 6) is -1.46. The van der Waals surface area contributed by atoms with E-state index in [0.29, 0.717) is 13.2 Å². The van der Waals surface area contributed by atoms with Crippen molar-refractivity contribution in [3.63, 3.8) is 0 Å². The molecule has 1 saturated heterocycles. The number of methoxy groups -OCH3 is 1. The van der Waals surface area contributed by atoms with Gasteiger partial charge >= 0.3 is 0 Å². The van der Waals surface area contributed by atoms with Crippen LogP contribution in [0, 0.1) is 16.0 Å². The first-order valence-electron chi connectivity index (χ1n) is 6.97. The first kappa shape index (κ1) is 16.7. The third kappa shape index (κ3) is 3.95. The Bertz CT molecular complexity index is 633. The summed E-state index contributed by atoms with van der Waals surface area (Å²) in [6, 6.07) is 3.35. The number of aromatic hydroxyl groups is 1. The quantitative estimate of drug-likeness (QED) is 0.452. The number of hydrogen-bond acceptors (Lipinski definition) is 6. The molecule has 1 aromatic rings. The Kier molecular flexibility index (Phi) is 5.12. The van der Waals surface area contributed by atoms with Crippen molar-refractivity contribution in [3.8, 4) is 5.75 Å². The van der Waals surface area contributed by atoms with Gasteiger partial charge in [0.1, 0.15) is 5.75 Å². The summed E-state index contributed by atoms with van der Waals surface area (Å²) in [5, 5.41) is 22.9. The Hall–Kier alpha value is -2.68. The molecular formula is C14H17N3O6. The molecule has 0 bridgehead atoms. The van der Waals surface area contributed by atoms with E-state index in [-0.39, 0.29) is 36.0 Å². The molecule has 9 heteroatoms. The number of non-ortho nitro benzene ring substituents is 1. The lowest BCUT2D eigenvalue weighted by atomic mass is 10.1. The van der Waals surface area contributed by atoms with Crippen LogP contribution in [0.2, 0.25) is 0 Å². The molecule has 0 spiro atoms. The highest BCUT2D eigenvalue weighted by atomic mass is 16.6. The smallest absolute Gasteiger partial charge is 0.271 e. The van der Waals surface area contributed by atoms with Crippen molar-refractivity contribution >= 4 is 23.2 Å². The first-order chi connectivity index (χ1) is 10.9. The van der Waals surface area contributed by atoms with Crippen LogP contribution >= 0.6 is 0 Å².